The summed E-state index contributed by atoms with van der Waals surface area (Å²) in [4.78, 5) is 41.1. The molecule has 0 radical (unpaired) electrons. The summed E-state index contributed by atoms with van der Waals surface area (Å²) in [6.45, 7) is 10.3. The molecule has 3 aromatic carbocycles. The van der Waals surface area contributed by atoms with Crippen LogP contribution in [0.4, 0.5) is 28.4 Å². The fraction of sp³-hybridized carbons (Fsp3) is 0.509. The Morgan fingerprint density at radius 1 is 0.971 bits per heavy atom. The van der Waals surface area contributed by atoms with Crippen LogP contribution in [-0.4, -0.2) is 102 Å². The van der Waals surface area contributed by atoms with Crippen LogP contribution in [0.15, 0.2) is 83.9 Å². The minimum atomic E-state index is -4.61. The van der Waals surface area contributed by atoms with Crippen LogP contribution in [0.3, 0.4) is 0 Å². The van der Waals surface area contributed by atoms with Crippen LogP contribution >= 0.6 is 0 Å². The Morgan fingerprint density at radius 2 is 1.76 bits per heavy atom. The highest BCUT2D eigenvalue weighted by Gasteiger charge is 2.50. The van der Waals surface area contributed by atoms with Crippen LogP contribution in [0, 0.1) is 21.4 Å². The van der Waals surface area contributed by atoms with Gasteiger partial charge in [0.05, 0.1) is 45.9 Å². The van der Waals surface area contributed by atoms with Gasteiger partial charge in [0.1, 0.15) is 23.1 Å². The van der Waals surface area contributed by atoms with E-state index in [2.05, 4.69) is 62.9 Å². The number of hydrogen-bond acceptors (Lipinski definition) is 13. The number of nitro groups is 1. The van der Waals surface area contributed by atoms with E-state index >= 15 is 0 Å². The van der Waals surface area contributed by atoms with Crippen LogP contribution in [0.1, 0.15) is 118 Å². The molecule has 4 N–H and O–H groups in total. The van der Waals surface area contributed by atoms with E-state index in [4.69, 9.17) is 14.5 Å². The molecule has 11 rings (SSSR count). The number of benzene rings is 3. The largest absolute Gasteiger partial charge is 0.468 e. The number of aromatic nitrogens is 2. The van der Waals surface area contributed by atoms with Gasteiger partial charge in [0, 0.05) is 55.1 Å². The van der Waals surface area contributed by atoms with Gasteiger partial charge in [-0.1, -0.05) is 38.1 Å². The summed E-state index contributed by atoms with van der Waals surface area (Å²) in [6, 6.07) is 22.8. The number of nitro benzene ring substituents is 1. The van der Waals surface area contributed by atoms with Gasteiger partial charge in [-0.25, -0.2) is 13.1 Å². The third-order valence-electron chi connectivity index (χ3n) is 16.6. The van der Waals surface area contributed by atoms with E-state index in [1.807, 2.05) is 36.1 Å². The lowest BCUT2D eigenvalue weighted by Gasteiger charge is -2.56. The number of aliphatic hydroxyl groups is 1. The normalized spacial score (nSPS) is 25.7. The summed E-state index contributed by atoms with van der Waals surface area (Å²) < 4.78 is 42.9. The standard InChI is InChI=1S/C53H64N8O8S/c1-33(2)39-7-4-5-8-40(39)43-9-6-22-59(43)37-28-53(29-37)19-23-58(24-20-53)36-10-12-41(44(26-36)60-46-25-35-16-21-54-49(35)56-51(46)69-48-32-68-31-47(48)60)50(62)57-70(66,67)38-11-13-42(45(27-38)61(64)65)55-30-34-14-17-52(3,63)18-15-34/h4-5,7-8,10-13,16,21,25-27,33-34,37,43,47-48,55,63H,6,9,14-15,17-20,22-24,28-32H2,1-3H3,(H,54,56)(H,57,62)/t34?,43-,47-,48-,52?/m0/s1. The van der Waals surface area contributed by atoms with Crippen LogP contribution < -0.4 is 24.6 Å². The number of pyridine rings is 1. The summed E-state index contributed by atoms with van der Waals surface area (Å²) in [5, 5.41) is 26.7. The third-order valence-corrected chi connectivity index (χ3v) is 17.9. The molecule has 3 saturated heterocycles. The Labute approximate surface area is 409 Å². The Balaban J connectivity index is 0.856. The van der Waals surface area contributed by atoms with Crippen LogP contribution in [0.2, 0.25) is 0 Å². The molecule has 6 heterocycles. The van der Waals surface area contributed by atoms with Crippen molar-refractivity contribution >= 4 is 55.4 Å². The van der Waals surface area contributed by atoms with E-state index in [1.54, 1.807) is 12.3 Å². The van der Waals surface area contributed by atoms with Crippen molar-refractivity contribution < 1.29 is 32.7 Å². The van der Waals surface area contributed by atoms with Gasteiger partial charge in [-0.15, -0.1) is 0 Å². The first kappa shape index (κ1) is 46.6. The molecule has 5 aromatic rings. The summed E-state index contributed by atoms with van der Waals surface area (Å²) >= 11 is 0. The Kier molecular flexibility index (Phi) is 12.1. The van der Waals surface area contributed by atoms with E-state index in [-0.39, 0.29) is 28.6 Å². The first-order valence-electron chi connectivity index (χ1n) is 25.2. The van der Waals surface area contributed by atoms with Gasteiger partial charge in [0.25, 0.3) is 21.6 Å². The monoisotopic (exact) mass is 972 g/mol. The number of rotatable bonds is 12. The molecule has 4 aliphatic heterocycles. The number of anilines is 4. The maximum Gasteiger partial charge on any atom is 0.293 e. The smallest absolute Gasteiger partial charge is 0.293 e. The van der Waals surface area contributed by atoms with Crippen molar-refractivity contribution in [3.63, 3.8) is 0 Å². The molecule has 6 aliphatic rings. The van der Waals surface area contributed by atoms with Gasteiger partial charge in [-0.2, -0.15) is 4.98 Å². The minimum absolute atomic E-state index is 0.105. The summed E-state index contributed by atoms with van der Waals surface area (Å²) in [5.41, 5.74) is 5.07. The number of piperidine rings is 1. The number of amides is 1. The lowest BCUT2D eigenvalue weighted by molar-refractivity contribution is -0.384. The number of sulfonamides is 1. The molecular formula is C53H64N8O8S. The second kappa shape index (κ2) is 18.1. The second-order valence-corrected chi connectivity index (χ2v) is 23.2. The first-order chi connectivity index (χ1) is 33.6. The second-order valence-electron chi connectivity index (χ2n) is 21.5. The molecule has 0 bridgehead atoms. The average Bonchev–Trinajstić information content (AvgIpc) is 4.13. The molecule has 1 spiro atoms. The number of aromatic amines is 1. The van der Waals surface area contributed by atoms with Gasteiger partial charge >= 0.3 is 0 Å². The predicted molar refractivity (Wildman–Crippen MR) is 269 cm³/mol. The summed E-state index contributed by atoms with van der Waals surface area (Å²) in [5.74, 6) is 0.177. The van der Waals surface area contributed by atoms with Gasteiger partial charge in [0.15, 0.2) is 0 Å². The Hall–Kier alpha value is -5.75. The van der Waals surface area contributed by atoms with Gasteiger partial charge in [-0.3, -0.25) is 19.8 Å². The van der Waals surface area contributed by atoms with Crippen molar-refractivity contribution in [1.29, 1.82) is 0 Å². The van der Waals surface area contributed by atoms with Gasteiger partial charge in [0.2, 0.25) is 5.88 Å². The fourth-order valence-electron chi connectivity index (χ4n) is 12.5. The zero-order chi connectivity index (χ0) is 48.5. The van der Waals surface area contributed by atoms with Crippen LogP contribution in [0.5, 0.6) is 5.88 Å². The Morgan fingerprint density at radius 3 is 2.53 bits per heavy atom. The molecule has 1 amide bonds. The van der Waals surface area contributed by atoms with Crippen molar-refractivity contribution in [3.05, 3.63) is 106 Å². The van der Waals surface area contributed by atoms with Crippen molar-refractivity contribution in [1.82, 2.24) is 19.6 Å². The fourth-order valence-corrected chi connectivity index (χ4v) is 13.5. The summed E-state index contributed by atoms with van der Waals surface area (Å²) in [6.07, 6.45) is 11.1. The van der Waals surface area contributed by atoms with Crippen LogP contribution in [-0.2, 0) is 14.8 Å². The number of likely N-dealkylation sites (tertiary alicyclic amines) is 1. The highest BCUT2D eigenvalue weighted by atomic mass is 32.2. The molecule has 0 unspecified atom stereocenters. The molecule has 17 heteroatoms. The molecule has 5 fully saturated rings. The topological polar surface area (TPSA) is 196 Å². The average molecular weight is 973 g/mol. The van der Waals surface area contributed by atoms with E-state index in [0.29, 0.717) is 73.5 Å². The zero-order valence-electron chi connectivity index (χ0n) is 40.2. The van der Waals surface area contributed by atoms with Crippen LogP contribution in [0.25, 0.3) is 11.0 Å². The molecule has 2 saturated carbocycles. The molecule has 370 valence electrons. The van der Waals surface area contributed by atoms with E-state index in [1.165, 1.54) is 48.9 Å². The van der Waals surface area contributed by atoms with Gasteiger partial charge in [-0.05, 0) is 149 Å². The number of carbonyl (C=O) groups excluding carboxylic acids is 1. The van der Waals surface area contributed by atoms with E-state index < -0.39 is 43.1 Å². The zero-order valence-corrected chi connectivity index (χ0v) is 41.0. The van der Waals surface area contributed by atoms with E-state index in [0.717, 1.165) is 62.5 Å². The highest BCUT2D eigenvalue weighted by Crippen LogP contribution is 2.55. The lowest BCUT2D eigenvalue weighted by Crippen LogP contribution is -2.55. The third kappa shape index (κ3) is 8.76. The number of ether oxygens (including phenoxy) is 2. The van der Waals surface area contributed by atoms with E-state index in [9.17, 15) is 28.4 Å². The lowest BCUT2D eigenvalue weighted by atomic mass is 9.59. The number of H-pyrrole nitrogens is 1. The molecule has 70 heavy (non-hydrogen) atoms. The molecule has 2 aliphatic carbocycles. The highest BCUT2D eigenvalue weighted by molar-refractivity contribution is 7.90. The maximum absolute atomic E-state index is 14.6. The molecular weight excluding hydrogens is 909 g/mol. The number of nitrogens with zero attached hydrogens (tertiary/aromatic N) is 5. The van der Waals surface area contributed by atoms with Gasteiger partial charge < -0.3 is 34.7 Å². The number of fused-ring (bicyclic) bond motifs is 3. The number of carbonyl (C=O) groups is 1. The predicted octanol–water partition coefficient (Wildman–Crippen LogP) is 8.95. The van der Waals surface area contributed by atoms with Crippen molar-refractivity contribution in [3.8, 4) is 5.88 Å². The summed E-state index contributed by atoms with van der Waals surface area (Å²) in [7, 11) is -4.61. The molecule has 2 aromatic heterocycles. The SMILES string of the molecule is CC(C)c1ccccc1[C@@H]1CCCN1C1CC2(CCN(c3ccc(C(=O)NS(=O)(=O)c4ccc(NCC5CCC(C)(O)CC5)c([N+](=O)[O-])c4)c(N4c5cc6cc[nH]c6nc5O[C@H]5COC[C@@H]54)c3)CC2)C1. The maximum atomic E-state index is 14.6. The minimum Gasteiger partial charge on any atom is -0.468 e. The molecule has 3 atom stereocenters. The Bertz CT molecular complexity index is 2910. The first-order valence-corrected chi connectivity index (χ1v) is 26.7. The number of hydrogen-bond donors (Lipinski definition) is 4. The number of nitrogens with one attached hydrogen (secondary N) is 3. The quantitative estimate of drug-likeness (QED) is 0.0684. The van der Waals surface area contributed by atoms with Crippen molar-refractivity contribution in [2.45, 2.75) is 126 Å². The van der Waals surface area contributed by atoms with Crippen molar-refractivity contribution in [2.24, 2.45) is 11.3 Å². The molecule has 16 nitrogen and oxygen atoms in total. The van der Waals surface area contributed by atoms with Crippen molar-refractivity contribution in [2.75, 3.05) is 54.5 Å².